The summed E-state index contributed by atoms with van der Waals surface area (Å²) in [7, 11) is -0.792. The summed E-state index contributed by atoms with van der Waals surface area (Å²) in [5.74, 6) is -0.814. The lowest BCUT2D eigenvalue weighted by Crippen LogP contribution is -2.38. The maximum atomic E-state index is 12.3. The minimum atomic E-state index is -3.63. The van der Waals surface area contributed by atoms with Crippen molar-refractivity contribution in [2.75, 3.05) is 20.6 Å². The maximum Gasteiger partial charge on any atom is 0.251 e. The van der Waals surface area contributed by atoms with Crippen LogP contribution in [0.5, 0.6) is 0 Å². The number of hydrogen-bond donors (Lipinski definition) is 2. The second-order valence-electron chi connectivity index (χ2n) is 6.04. The van der Waals surface area contributed by atoms with Crippen LogP contribution < -0.4 is 10.6 Å². The van der Waals surface area contributed by atoms with Gasteiger partial charge in [-0.15, -0.1) is 11.3 Å². The average Bonchev–Trinajstić information content (AvgIpc) is 3.18. The highest BCUT2D eigenvalue weighted by atomic mass is 32.2. The van der Waals surface area contributed by atoms with Crippen molar-refractivity contribution < 1.29 is 18.0 Å². The summed E-state index contributed by atoms with van der Waals surface area (Å²) in [4.78, 5) is 25.5. The van der Waals surface area contributed by atoms with E-state index in [4.69, 9.17) is 0 Å². The molecular weight excluding hydrogens is 386 g/mol. The number of amides is 2. The number of thiophene rings is 1. The van der Waals surface area contributed by atoms with Crippen LogP contribution in [0.4, 0.5) is 0 Å². The van der Waals surface area contributed by atoms with Gasteiger partial charge in [-0.2, -0.15) is 0 Å². The second kappa shape index (κ2) is 9.12. The molecule has 0 fully saturated rings. The molecule has 9 heteroatoms. The van der Waals surface area contributed by atoms with E-state index in [2.05, 4.69) is 10.6 Å². The van der Waals surface area contributed by atoms with Crippen molar-refractivity contribution in [3.05, 3.63) is 52.2 Å². The summed E-state index contributed by atoms with van der Waals surface area (Å²) >= 11 is 1.56. The molecule has 1 heterocycles. The molecule has 1 aromatic carbocycles. The molecule has 27 heavy (non-hydrogen) atoms. The summed E-state index contributed by atoms with van der Waals surface area (Å²) < 4.78 is 25.4. The van der Waals surface area contributed by atoms with Crippen LogP contribution >= 0.6 is 11.3 Å². The first kappa shape index (κ1) is 21.1. The number of hydrogen-bond acceptors (Lipinski definition) is 5. The Bertz CT molecular complexity index is 893. The maximum absolute atomic E-state index is 12.3. The van der Waals surface area contributed by atoms with Crippen LogP contribution in [0, 0.1) is 0 Å². The molecule has 2 aromatic rings. The zero-order chi connectivity index (χ0) is 20.0. The Morgan fingerprint density at radius 1 is 1.19 bits per heavy atom. The number of carbonyl (C=O) groups is 2. The number of sulfonamides is 1. The molecule has 1 atom stereocenters. The Hall–Kier alpha value is -2.23. The van der Waals surface area contributed by atoms with Gasteiger partial charge in [-0.05, 0) is 36.1 Å². The molecular formula is C18H23N3O4S2. The molecule has 146 valence electrons. The fraction of sp³-hybridized carbons (Fsp3) is 0.333. The third-order valence-corrected chi connectivity index (χ3v) is 6.71. The van der Waals surface area contributed by atoms with Crippen LogP contribution in [-0.4, -0.2) is 45.2 Å². The molecule has 0 spiro atoms. The molecule has 2 amide bonds. The van der Waals surface area contributed by atoms with Gasteiger partial charge in [0.1, 0.15) is 0 Å². The van der Waals surface area contributed by atoms with Crippen molar-refractivity contribution in [3.63, 3.8) is 0 Å². The molecule has 0 saturated heterocycles. The third kappa shape index (κ3) is 5.38. The predicted octanol–water partition coefficient (Wildman–Crippen LogP) is 2.00. The van der Waals surface area contributed by atoms with Crippen LogP contribution in [-0.2, 0) is 14.8 Å². The standard InChI is InChI=1S/C18H23N3O4S2/c1-4-15(16-9-6-10-26-16)20-17(22)12-19-18(23)13-7-5-8-14(11-13)27(24,25)21(2)3/h5-11,15H,4,12H2,1-3H3,(H,19,23)(H,20,22). The van der Waals surface area contributed by atoms with Crippen LogP contribution in [0.2, 0.25) is 0 Å². The molecule has 7 nitrogen and oxygen atoms in total. The van der Waals surface area contributed by atoms with Crippen molar-refractivity contribution >= 4 is 33.2 Å². The fourth-order valence-electron chi connectivity index (χ4n) is 2.38. The van der Waals surface area contributed by atoms with Gasteiger partial charge < -0.3 is 10.6 Å². The van der Waals surface area contributed by atoms with Gasteiger partial charge in [0, 0.05) is 24.5 Å². The van der Waals surface area contributed by atoms with Gasteiger partial charge in [-0.25, -0.2) is 12.7 Å². The summed E-state index contributed by atoms with van der Waals surface area (Å²) in [5.41, 5.74) is 0.177. The highest BCUT2D eigenvalue weighted by molar-refractivity contribution is 7.89. The first-order valence-electron chi connectivity index (χ1n) is 8.39. The zero-order valence-electron chi connectivity index (χ0n) is 15.4. The topological polar surface area (TPSA) is 95.6 Å². The Morgan fingerprint density at radius 3 is 2.52 bits per heavy atom. The Morgan fingerprint density at radius 2 is 1.93 bits per heavy atom. The number of nitrogens with zero attached hydrogens (tertiary/aromatic N) is 1. The smallest absolute Gasteiger partial charge is 0.251 e. The number of carbonyl (C=O) groups excluding carboxylic acids is 2. The van der Waals surface area contributed by atoms with Gasteiger partial charge in [-0.1, -0.05) is 19.1 Å². The van der Waals surface area contributed by atoms with E-state index >= 15 is 0 Å². The summed E-state index contributed by atoms with van der Waals surface area (Å²) in [6.45, 7) is 1.78. The van der Waals surface area contributed by atoms with Gasteiger partial charge in [0.2, 0.25) is 15.9 Å². The molecule has 0 saturated carbocycles. The van der Waals surface area contributed by atoms with Crippen LogP contribution in [0.1, 0.15) is 34.6 Å². The van der Waals surface area contributed by atoms with Crippen molar-refractivity contribution in [2.45, 2.75) is 24.3 Å². The average molecular weight is 410 g/mol. The highest BCUT2D eigenvalue weighted by Gasteiger charge is 2.19. The minimum Gasteiger partial charge on any atom is -0.347 e. The zero-order valence-corrected chi connectivity index (χ0v) is 17.1. The summed E-state index contributed by atoms with van der Waals surface area (Å²) in [6, 6.07) is 9.49. The first-order chi connectivity index (χ1) is 12.8. The van der Waals surface area contributed by atoms with Gasteiger partial charge >= 0.3 is 0 Å². The molecule has 0 aliphatic carbocycles. The minimum absolute atomic E-state index is 0.0216. The fourth-order valence-corrected chi connectivity index (χ4v) is 4.19. The van der Waals surface area contributed by atoms with E-state index in [9.17, 15) is 18.0 Å². The van der Waals surface area contributed by atoms with Crippen molar-refractivity contribution in [1.82, 2.24) is 14.9 Å². The number of benzene rings is 1. The largest absolute Gasteiger partial charge is 0.347 e. The van der Waals surface area contributed by atoms with Crippen LogP contribution in [0.15, 0.2) is 46.7 Å². The van der Waals surface area contributed by atoms with Crippen molar-refractivity contribution in [3.8, 4) is 0 Å². The molecule has 1 unspecified atom stereocenters. The van der Waals surface area contributed by atoms with Gasteiger partial charge in [0.15, 0.2) is 0 Å². The Kier molecular flexibility index (Phi) is 7.11. The van der Waals surface area contributed by atoms with Gasteiger partial charge in [0.25, 0.3) is 5.91 Å². The van der Waals surface area contributed by atoms with E-state index < -0.39 is 15.9 Å². The third-order valence-electron chi connectivity index (χ3n) is 3.91. The second-order valence-corrected chi connectivity index (χ2v) is 9.17. The molecule has 0 aliphatic rings. The highest BCUT2D eigenvalue weighted by Crippen LogP contribution is 2.21. The molecule has 2 N–H and O–H groups in total. The van der Waals surface area contributed by atoms with Crippen LogP contribution in [0.3, 0.4) is 0 Å². The van der Waals surface area contributed by atoms with E-state index in [1.807, 2.05) is 24.4 Å². The molecule has 0 bridgehead atoms. The lowest BCUT2D eigenvalue weighted by Gasteiger charge is -2.16. The van der Waals surface area contributed by atoms with E-state index in [1.54, 1.807) is 11.3 Å². The van der Waals surface area contributed by atoms with Crippen molar-refractivity contribution in [2.24, 2.45) is 0 Å². The SMILES string of the molecule is CCC(NC(=O)CNC(=O)c1cccc(S(=O)(=O)N(C)C)c1)c1cccs1. The Balaban J connectivity index is 1.98. The summed E-state index contributed by atoms with van der Waals surface area (Å²) in [6.07, 6.45) is 0.741. The van der Waals surface area contributed by atoms with Gasteiger partial charge in [0.05, 0.1) is 17.5 Å². The lowest BCUT2D eigenvalue weighted by molar-refractivity contribution is -0.120. The first-order valence-corrected chi connectivity index (χ1v) is 10.7. The molecule has 0 aliphatic heterocycles. The molecule has 0 radical (unpaired) electrons. The van der Waals surface area contributed by atoms with Gasteiger partial charge in [-0.3, -0.25) is 9.59 Å². The number of rotatable bonds is 8. The molecule has 2 rings (SSSR count). The quantitative estimate of drug-likeness (QED) is 0.697. The normalized spacial score (nSPS) is 12.6. The van der Waals surface area contributed by atoms with E-state index in [1.165, 1.54) is 38.4 Å². The molecule has 1 aromatic heterocycles. The Labute approximate surface area is 163 Å². The van der Waals surface area contributed by atoms with E-state index in [0.29, 0.717) is 0 Å². The van der Waals surface area contributed by atoms with E-state index in [-0.39, 0.29) is 29.0 Å². The van der Waals surface area contributed by atoms with E-state index in [0.717, 1.165) is 15.6 Å². The lowest BCUT2D eigenvalue weighted by atomic mass is 10.2. The summed E-state index contributed by atoms with van der Waals surface area (Å²) in [5, 5.41) is 7.35. The van der Waals surface area contributed by atoms with Crippen LogP contribution in [0.25, 0.3) is 0 Å². The number of nitrogens with one attached hydrogen (secondary N) is 2. The monoisotopic (exact) mass is 409 g/mol. The van der Waals surface area contributed by atoms with Crippen molar-refractivity contribution in [1.29, 1.82) is 0 Å². The predicted molar refractivity (Wildman–Crippen MR) is 105 cm³/mol.